The summed E-state index contributed by atoms with van der Waals surface area (Å²) in [5, 5.41) is 15.6. The van der Waals surface area contributed by atoms with Gasteiger partial charge >= 0.3 is 6.03 Å². The number of carbonyl (C=O) groups is 1. The van der Waals surface area contributed by atoms with Crippen LogP contribution in [0.4, 0.5) is 4.79 Å². The number of hydrogen-bond donors (Lipinski definition) is 0. The van der Waals surface area contributed by atoms with Gasteiger partial charge in [0.2, 0.25) is 0 Å². The van der Waals surface area contributed by atoms with Gasteiger partial charge in [0.15, 0.2) is 0 Å². The highest BCUT2D eigenvalue weighted by Crippen LogP contribution is 2.15. The van der Waals surface area contributed by atoms with Crippen LogP contribution in [0.3, 0.4) is 0 Å². The Hall–Kier alpha value is -2.05. The van der Waals surface area contributed by atoms with Crippen LogP contribution in [0.15, 0.2) is 12.4 Å². The van der Waals surface area contributed by atoms with Gasteiger partial charge in [0.05, 0.1) is 23.8 Å². The van der Waals surface area contributed by atoms with Crippen molar-refractivity contribution in [1.29, 1.82) is 0 Å². The van der Waals surface area contributed by atoms with Crippen LogP contribution in [0.1, 0.15) is 51.4 Å². The lowest BCUT2D eigenvalue weighted by molar-refractivity contribution is 0.236. The molecular formula is C14H22N6O. The molecular weight excluding hydrogens is 268 g/mol. The number of carbonyl (C=O) groups excluding carboxylic acids is 1. The Morgan fingerprint density at radius 2 is 2.10 bits per heavy atom. The summed E-state index contributed by atoms with van der Waals surface area (Å²) in [6, 6.07) is -0.332. The molecule has 0 saturated heterocycles. The highest BCUT2D eigenvalue weighted by atomic mass is 16.2. The Morgan fingerprint density at radius 1 is 1.29 bits per heavy atom. The maximum absolute atomic E-state index is 12.4. The zero-order chi connectivity index (χ0) is 15.2. The van der Waals surface area contributed by atoms with Crippen molar-refractivity contribution in [2.75, 3.05) is 0 Å². The van der Waals surface area contributed by atoms with Crippen molar-refractivity contribution < 1.29 is 4.79 Å². The molecule has 0 spiro atoms. The van der Waals surface area contributed by atoms with E-state index in [0.717, 1.165) is 43.5 Å². The van der Waals surface area contributed by atoms with Crippen LogP contribution in [0.2, 0.25) is 0 Å². The molecule has 0 fully saturated rings. The van der Waals surface area contributed by atoms with Crippen molar-refractivity contribution in [3.63, 3.8) is 0 Å². The lowest BCUT2D eigenvalue weighted by atomic mass is 10.0. The molecule has 2 aromatic heterocycles. The predicted molar refractivity (Wildman–Crippen MR) is 78.0 cm³/mol. The first-order chi connectivity index (χ1) is 10.1. The van der Waals surface area contributed by atoms with Crippen LogP contribution in [0, 0.1) is 5.92 Å². The topological polar surface area (TPSA) is 78.5 Å². The van der Waals surface area contributed by atoms with E-state index in [4.69, 9.17) is 0 Å². The van der Waals surface area contributed by atoms with Gasteiger partial charge in [-0.3, -0.25) is 0 Å². The van der Waals surface area contributed by atoms with Gasteiger partial charge in [-0.2, -0.15) is 9.36 Å². The van der Waals surface area contributed by atoms with E-state index in [2.05, 4.69) is 41.4 Å². The molecule has 2 heterocycles. The minimum absolute atomic E-state index is 0.332. The first-order valence-corrected chi connectivity index (χ1v) is 7.48. The molecule has 2 rings (SSSR count). The molecule has 0 amide bonds. The molecule has 0 aromatic carbocycles. The van der Waals surface area contributed by atoms with Crippen LogP contribution < -0.4 is 0 Å². The molecule has 0 unspecified atom stereocenters. The molecule has 0 radical (unpaired) electrons. The van der Waals surface area contributed by atoms with Gasteiger partial charge in [-0.25, -0.2) is 4.79 Å². The van der Waals surface area contributed by atoms with E-state index in [1.807, 2.05) is 0 Å². The molecule has 7 heteroatoms. The number of rotatable bonds is 6. The number of aromatic nitrogens is 6. The van der Waals surface area contributed by atoms with Crippen LogP contribution in [0.5, 0.6) is 0 Å². The number of hydrogen-bond acceptors (Lipinski definition) is 5. The van der Waals surface area contributed by atoms with E-state index in [1.54, 1.807) is 0 Å². The fraction of sp³-hybridized carbons (Fsp3) is 0.643. The number of unbranched alkanes of at least 4 members (excludes halogenated alkanes) is 2. The third-order valence-corrected chi connectivity index (χ3v) is 3.26. The van der Waals surface area contributed by atoms with E-state index in [1.165, 1.54) is 21.8 Å². The van der Waals surface area contributed by atoms with Crippen molar-refractivity contribution in [2.24, 2.45) is 5.92 Å². The minimum atomic E-state index is -0.332. The average molecular weight is 290 g/mol. The van der Waals surface area contributed by atoms with E-state index in [0.29, 0.717) is 5.92 Å². The van der Waals surface area contributed by atoms with E-state index >= 15 is 0 Å². The lowest BCUT2D eigenvalue weighted by Crippen LogP contribution is -2.23. The third kappa shape index (κ3) is 3.74. The van der Waals surface area contributed by atoms with Gasteiger partial charge in [0.1, 0.15) is 0 Å². The van der Waals surface area contributed by atoms with Gasteiger partial charge in [0, 0.05) is 0 Å². The molecule has 0 atom stereocenters. The van der Waals surface area contributed by atoms with Gasteiger partial charge in [-0.05, 0) is 25.2 Å². The molecule has 21 heavy (non-hydrogen) atoms. The monoisotopic (exact) mass is 290 g/mol. The Kier molecular flexibility index (Phi) is 5.19. The Balaban J connectivity index is 2.26. The largest absolute Gasteiger partial charge is 0.372 e. The molecule has 0 aliphatic rings. The molecule has 0 bridgehead atoms. The van der Waals surface area contributed by atoms with Gasteiger partial charge in [-0.15, -0.1) is 10.2 Å². The standard InChI is InChI=1S/C14H22N6O/c1-4-5-6-7-13-12(10-11(2)3)16-18-20(13)14(21)19-9-8-15-17-19/h8-9,11H,4-7,10H2,1-3H3. The summed E-state index contributed by atoms with van der Waals surface area (Å²) in [6.07, 6.45) is 7.92. The van der Waals surface area contributed by atoms with Crippen molar-refractivity contribution in [2.45, 2.75) is 52.9 Å². The molecule has 7 nitrogen and oxygen atoms in total. The van der Waals surface area contributed by atoms with Crippen molar-refractivity contribution in [1.82, 2.24) is 30.0 Å². The second kappa shape index (κ2) is 7.10. The van der Waals surface area contributed by atoms with Gasteiger partial charge in [0.25, 0.3) is 0 Å². The molecule has 2 aromatic rings. The SMILES string of the molecule is CCCCCc1c(CC(C)C)nnn1C(=O)n1ccnn1. The zero-order valence-electron chi connectivity index (χ0n) is 12.9. The van der Waals surface area contributed by atoms with Crippen LogP contribution in [0.25, 0.3) is 0 Å². The Labute approximate surface area is 124 Å². The maximum atomic E-state index is 12.4. The van der Waals surface area contributed by atoms with Gasteiger partial charge < -0.3 is 0 Å². The summed E-state index contributed by atoms with van der Waals surface area (Å²) in [6.45, 7) is 6.42. The fourth-order valence-electron chi connectivity index (χ4n) is 2.23. The lowest BCUT2D eigenvalue weighted by Gasteiger charge is -2.07. The Morgan fingerprint density at radius 3 is 2.71 bits per heavy atom. The average Bonchev–Trinajstić information content (AvgIpc) is 3.08. The van der Waals surface area contributed by atoms with Crippen molar-refractivity contribution in [3.05, 3.63) is 23.8 Å². The molecule has 0 saturated carbocycles. The quantitative estimate of drug-likeness (QED) is 0.763. The summed E-state index contributed by atoms with van der Waals surface area (Å²) in [7, 11) is 0. The summed E-state index contributed by atoms with van der Waals surface area (Å²) in [5.41, 5.74) is 1.81. The molecule has 0 aliphatic carbocycles. The van der Waals surface area contributed by atoms with E-state index in [-0.39, 0.29) is 6.03 Å². The van der Waals surface area contributed by atoms with Crippen molar-refractivity contribution >= 4 is 6.03 Å². The normalized spacial score (nSPS) is 11.2. The third-order valence-electron chi connectivity index (χ3n) is 3.26. The zero-order valence-corrected chi connectivity index (χ0v) is 12.9. The molecule has 0 aliphatic heterocycles. The van der Waals surface area contributed by atoms with E-state index < -0.39 is 0 Å². The summed E-state index contributed by atoms with van der Waals surface area (Å²) >= 11 is 0. The first kappa shape index (κ1) is 15.3. The summed E-state index contributed by atoms with van der Waals surface area (Å²) < 4.78 is 2.54. The fourth-order valence-corrected chi connectivity index (χ4v) is 2.23. The second-order valence-corrected chi connectivity index (χ2v) is 5.58. The second-order valence-electron chi connectivity index (χ2n) is 5.58. The summed E-state index contributed by atoms with van der Waals surface area (Å²) in [4.78, 5) is 12.4. The highest BCUT2D eigenvalue weighted by Gasteiger charge is 2.20. The first-order valence-electron chi connectivity index (χ1n) is 7.48. The van der Waals surface area contributed by atoms with Gasteiger partial charge in [-0.1, -0.05) is 44.0 Å². The number of nitrogens with zero attached hydrogens (tertiary/aromatic N) is 6. The van der Waals surface area contributed by atoms with Crippen LogP contribution in [-0.4, -0.2) is 36.0 Å². The molecule has 0 N–H and O–H groups in total. The van der Waals surface area contributed by atoms with Crippen LogP contribution in [-0.2, 0) is 12.8 Å². The molecule has 114 valence electrons. The van der Waals surface area contributed by atoms with Crippen LogP contribution >= 0.6 is 0 Å². The predicted octanol–water partition coefficient (Wildman–Crippen LogP) is 2.32. The smallest absolute Gasteiger partial charge is 0.243 e. The minimum Gasteiger partial charge on any atom is -0.243 e. The summed E-state index contributed by atoms with van der Waals surface area (Å²) in [5.74, 6) is 0.474. The van der Waals surface area contributed by atoms with Crippen molar-refractivity contribution in [3.8, 4) is 0 Å². The highest BCUT2D eigenvalue weighted by molar-refractivity contribution is 5.77. The van der Waals surface area contributed by atoms with E-state index in [9.17, 15) is 4.79 Å². The maximum Gasteiger partial charge on any atom is 0.372 e. The Bertz CT molecular complexity index is 572.